The third-order valence-electron chi connectivity index (χ3n) is 4.11. The van der Waals surface area contributed by atoms with Crippen LogP contribution >= 0.6 is 67.8 Å². The van der Waals surface area contributed by atoms with Gasteiger partial charge in [0.1, 0.15) is 0 Å². The number of carbonyl (C=O) groups is 2. The van der Waals surface area contributed by atoms with Crippen LogP contribution in [0.25, 0.3) is 0 Å². The first-order valence-corrected chi connectivity index (χ1v) is 10.8. The fraction of sp³-hybridized carbons (Fsp3) is 0.500. The molecule has 0 saturated carbocycles. The van der Waals surface area contributed by atoms with Gasteiger partial charge in [0.2, 0.25) is 5.91 Å². The van der Waals surface area contributed by atoms with E-state index in [-0.39, 0.29) is 35.5 Å². The monoisotopic (exact) mass is 675 g/mol. The molecule has 1 aliphatic rings. The summed E-state index contributed by atoms with van der Waals surface area (Å²) in [4.78, 5) is 25.4. The number of hydrogen-bond acceptors (Lipinski definition) is 3. The number of carbonyl (C=O) groups excluding carboxylic acids is 2. The Labute approximate surface area is 205 Å². The molecule has 2 rings (SSSR count). The second kappa shape index (κ2) is 10.6. The topological polar surface area (TPSA) is 60.4 Å². The molecule has 126 valence electrons. The van der Waals surface area contributed by atoms with Gasteiger partial charge in [-0.2, -0.15) is 0 Å². The van der Waals surface area contributed by atoms with Crippen LogP contribution in [0.2, 0.25) is 0 Å². The Morgan fingerprint density at radius 1 is 1.29 bits per heavy atom. The molecule has 1 fully saturated rings. The Balaban J connectivity index is 0.00000288. The summed E-state index contributed by atoms with van der Waals surface area (Å²) >= 11 is 6.78. The summed E-state index contributed by atoms with van der Waals surface area (Å²) in [6.45, 7) is 2.60. The van der Waals surface area contributed by atoms with E-state index in [0.717, 1.165) is 41.3 Å². The van der Waals surface area contributed by atoms with Crippen molar-refractivity contribution in [3.63, 3.8) is 0 Å². The molecule has 8 heteroatoms. The molecule has 1 heterocycles. The first kappa shape index (κ1) is 23.4. The van der Waals surface area contributed by atoms with E-state index in [1.807, 2.05) is 17.9 Å². The Bertz CT molecular complexity index is 639. The van der Waals surface area contributed by atoms with Gasteiger partial charge in [0.25, 0.3) is 0 Å². The predicted octanol–water partition coefficient (Wildman–Crippen LogP) is 0.340. The standard InChI is InChI=1S/C16H18I3NO3.Na/c1-2-9(16(22)23)7-10-11(17)8-12(18)15(14(10)19)20-6-4-3-5-13(20)21;/h8-9H,2-7H2,1H3,(H,22,23);/q;+1/p-1. The molecule has 0 N–H and O–H groups in total. The van der Waals surface area contributed by atoms with Crippen LogP contribution in [-0.4, -0.2) is 18.4 Å². The van der Waals surface area contributed by atoms with Gasteiger partial charge in [0.05, 0.1) is 5.69 Å². The van der Waals surface area contributed by atoms with E-state index in [4.69, 9.17) is 0 Å². The number of anilines is 1. The van der Waals surface area contributed by atoms with Gasteiger partial charge < -0.3 is 14.8 Å². The number of halogens is 3. The number of hydrogen-bond donors (Lipinski definition) is 0. The van der Waals surface area contributed by atoms with Crippen LogP contribution in [0.3, 0.4) is 0 Å². The maximum absolute atomic E-state index is 12.3. The van der Waals surface area contributed by atoms with Crippen LogP contribution in [-0.2, 0) is 16.0 Å². The number of carboxylic acids is 1. The smallest absolute Gasteiger partial charge is 0.550 e. The zero-order chi connectivity index (χ0) is 17.1. The molecule has 0 bridgehead atoms. The molecule has 0 spiro atoms. The molecule has 24 heavy (non-hydrogen) atoms. The average molecular weight is 675 g/mol. The van der Waals surface area contributed by atoms with E-state index >= 15 is 0 Å². The number of amides is 1. The third-order valence-corrected chi connectivity index (χ3v) is 7.06. The zero-order valence-electron chi connectivity index (χ0n) is 13.7. The van der Waals surface area contributed by atoms with E-state index in [9.17, 15) is 14.7 Å². The molecule has 0 aromatic heterocycles. The number of piperidine rings is 1. The Kier molecular flexibility index (Phi) is 10.4. The molecule has 1 aliphatic heterocycles. The second-order valence-corrected chi connectivity index (χ2v) is 9.02. The van der Waals surface area contributed by atoms with Gasteiger partial charge in [0, 0.05) is 35.6 Å². The fourth-order valence-electron chi connectivity index (χ4n) is 2.74. The summed E-state index contributed by atoms with van der Waals surface area (Å²) in [5.41, 5.74) is 1.95. The van der Waals surface area contributed by atoms with Crippen molar-refractivity contribution < 1.29 is 44.3 Å². The summed E-state index contributed by atoms with van der Waals surface area (Å²) in [5.74, 6) is -1.35. The molecular weight excluding hydrogens is 658 g/mol. The van der Waals surface area contributed by atoms with Crippen molar-refractivity contribution in [1.82, 2.24) is 0 Å². The van der Waals surface area contributed by atoms with Gasteiger partial charge in [-0.15, -0.1) is 0 Å². The van der Waals surface area contributed by atoms with Gasteiger partial charge in [-0.25, -0.2) is 0 Å². The Morgan fingerprint density at radius 2 is 1.96 bits per heavy atom. The molecular formula is C16H17I3NNaO3. The van der Waals surface area contributed by atoms with Gasteiger partial charge in [-0.3, -0.25) is 4.79 Å². The first-order chi connectivity index (χ1) is 10.9. The summed E-state index contributed by atoms with van der Waals surface area (Å²) in [6.07, 6.45) is 3.53. The minimum absolute atomic E-state index is 0. The van der Waals surface area contributed by atoms with Crippen molar-refractivity contribution in [3.8, 4) is 0 Å². The van der Waals surface area contributed by atoms with E-state index in [1.165, 1.54) is 0 Å². The van der Waals surface area contributed by atoms with E-state index < -0.39 is 11.9 Å². The zero-order valence-corrected chi connectivity index (χ0v) is 22.2. The van der Waals surface area contributed by atoms with E-state index in [0.29, 0.717) is 19.3 Å². The van der Waals surface area contributed by atoms with Gasteiger partial charge in [-0.1, -0.05) is 6.92 Å². The van der Waals surface area contributed by atoms with Crippen molar-refractivity contribution in [2.75, 3.05) is 11.4 Å². The third kappa shape index (κ3) is 5.43. The van der Waals surface area contributed by atoms with E-state index in [2.05, 4.69) is 67.8 Å². The average Bonchev–Trinajstić information content (AvgIpc) is 2.48. The Hall–Kier alpha value is 1.35. The maximum Gasteiger partial charge on any atom is 1.00 e. The summed E-state index contributed by atoms with van der Waals surface area (Å²) < 4.78 is 3.08. The van der Waals surface area contributed by atoms with Gasteiger partial charge in [-0.05, 0) is 105 Å². The SMILES string of the molecule is CCC(Cc1c(I)cc(I)c(N2CCCCC2=O)c1I)C(=O)[O-].[Na+]. The summed E-state index contributed by atoms with van der Waals surface area (Å²) in [6, 6.07) is 2.04. The van der Waals surface area contributed by atoms with Crippen molar-refractivity contribution in [2.45, 2.75) is 39.0 Å². The molecule has 1 amide bonds. The van der Waals surface area contributed by atoms with E-state index in [1.54, 1.807) is 0 Å². The number of aliphatic carboxylic acids is 1. The van der Waals surface area contributed by atoms with Crippen molar-refractivity contribution in [3.05, 3.63) is 22.3 Å². The minimum Gasteiger partial charge on any atom is -0.550 e. The normalized spacial score (nSPS) is 15.8. The van der Waals surface area contributed by atoms with Crippen LogP contribution in [0, 0.1) is 16.6 Å². The number of nitrogens with zero attached hydrogens (tertiary/aromatic N) is 1. The molecule has 0 aliphatic carbocycles. The largest absolute Gasteiger partial charge is 1.00 e. The van der Waals surface area contributed by atoms with Crippen LogP contribution in [0.15, 0.2) is 6.07 Å². The molecule has 4 nitrogen and oxygen atoms in total. The maximum atomic E-state index is 12.3. The minimum atomic E-state index is -1.01. The van der Waals surface area contributed by atoms with Crippen LogP contribution in [0.4, 0.5) is 5.69 Å². The van der Waals surface area contributed by atoms with Crippen LogP contribution in [0.1, 0.15) is 38.2 Å². The quantitative estimate of drug-likeness (QED) is 0.335. The van der Waals surface area contributed by atoms with Crippen molar-refractivity contribution in [1.29, 1.82) is 0 Å². The van der Waals surface area contributed by atoms with Crippen molar-refractivity contribution in [2.24, 2.45) is 5.92 Å². The van der Waals surface area contributed by atoms with Gasteiger partial charge in [0.15, 0.2) is 0 Å². The second-order valence-electron chi connectivity index (χ2n) is 5.61. The first-order valence-electron chi connectivity index (χ1n) is 7.54. The summed E-state index contributed by atoms with van der Waals surface area (Å²) in [5, 5.41) is 11.3. The van der Waals surface area contributed by atoms with Crippen molar-refractivity contribution >= 4 is 85.3 Å². The molecule has 1 atom stereocenters. The number of benzene rings is 1. The number of carboxylic acid groups (broad SMARTS) is 1. The number of rotatable bonds is 5. The summed E-state index contributed by atoms with van der Waals surface area (Å²) in [7, 11) is 0. The van der Waals surface area contributed by atoms with Gasteiger partial charge >= 0.3 is 29.6 Å². The molecule has 1 saturated heterocycles. The predicted molar refractivity (Wildman–Crippen MR) is 113 cm³/mol. The molecule has 1 aromatic rings. The molecule has 1 aromatic carbocycles. The molecule has 0 radical (unpaired) electrons. The fourth-order valence-corrected chi connectivity index (χ4v) is 7.13. The Morgan fingerprint density at radius 3 is 2.50 bits per heavy atom. The van der Waals surface area contributed by atoms with Crippen LogP contribution in [0.5, 0.6) is 0 Å². The van der Waals surface area contributed by atoms with Crippen LogP contribution < -0.4 is 39.6 Å². The molecule has 1 unspecified atom stereocenters.